The SMILES string of the molecule is C[Si](C)(C)OC(C1CCC(F)CC1)(C1CCC(F)CC1)C(O[Si](C)(C)C)(C1CCC(F)CC1)C1CCC(F)CC1. The van der Waals surface area contributed by atoms with Gasteiger partial charge in [-0.3, -0.25) is 0 Å². The minimum absolute atomic E-state index is 0.106. The second-order valence-corrected chi connectivity index (χ2v) is 24.7. The lowest BCUT2D eigenvalue weighted by atomic mass is 9.50. The van der Waals surface area contributed by atoms with Gasteiger partial charge in [0.05, 0.1) is 11.2 Å². The summed E-state index contributed by atoms with van der Waals surface area (Å²) in [6.45, 7) is 13.5. The standard InChI is InChI=1S/C32H58F4O2Si2/c1-39(2,3)37-31(23-7-15-27(33)16-8-23,24-9-17-28(34)18-10-24)32(38-40(4,5)6,25-11-19-29(35)20-12-25)26-13-21-30(36)22-14-26/h23-30H,7-22H2,1-6H3. The van der Waals surface area contributed by atoms with Crippen molar-refractivity contribution in [3.05, 3.63) is 0 Å². The lowest BCUT2D eigenvalue weighted by Crippen LogP contribution is -2.75. The third kappa shape index (κ3) is 7.23. The van der Waals surface area contributed by atoms with Crippen LogP contribution in [0.2, 0.25) is 39.3 Å². The summed E-state index contributed by atoms with van der Waals surface area (Å²) in [6, 6.07) is 0. The van der Waals surface area contributed by atoms with Crippen LogP contribution in [-0.4, -0.2) is 52.5 Å². The van der Waals surface area contributed by atoms with Crippen LogP contribution in [0.5, 0.6) is 0 Å². The van der Waals surface area contributed by atoms with E-state index in [1.807, 2.05) is 0 Å². The van der Waals surface area contributed by atoms with E-state index in [4.69, 9.17) is 8.85 Å². The molecule has 40 heavy (non-hydrogen) atoms. The summed E-state index contributed by atoms with van der Waals surface area (Å²) in [5.74, 6) is 0.426. The van der Waals surface area contributed by atoms with E-state index < -0.39 is 52.5 Å². The third-order valence-corrected chi connectivity index (χ3v) is 12.5. The Balaban J connectivity index is 2.00. The average Bonchev–Trinajstić information content (AvgIpc) is 2.87. The van der Waals surface area contributed by atoms with E-state index in [9.17, 15) is 17.6 Å². The van der Waals surface area contributed by atoms with Gasteiger partial charge < -0.3 is 8.85 Å². The largest absolute Gasteiger partial charge is 0.409 e. The first-order valence-electron chi connectivity index (χ1n) is 16.6. The summed E-state index contributed by atoms with van der Waals surface area (Å²) in [5, 5.41) is 0. The van der Waals surface area contributed by atoms with Crippen molar-refractivity contribution in [1.82, 2.24) is 0 Å². The molecule has 234 valence electrons. The topological polar surface area (TPSA) is 18.5 Å². The second kappa shape index (κ2) is 13.0. The molecule has 4 saturated carbocycles. The maximum atomic E-state index is 14.8. The molecule has 0 bridgehead atoms. The van der Waals surface area contributed by atoms with Gasteiger partial charge in [-0.15, -0.1) is 0 Å². The van der Waals surface area contributed by atoms with Gasteiger partial charge in [-0.05, 0) is 166 Å². The van der Waals surface area contributed by atoms with Crippen LogP contribution in [0, 0.1) is 23.7 Å². The van der Waals surface area contributed by atoms with E-state index in [0.717, 1.165) is 51.4 Å². The fourth-order valence-corrected chi connectivity index (χ4v) is 12.4. The highest BCUT2D eigenvalue weighted by Crippen LogP contribution is 2.62. The van der Waals surface area contributed by atoms with Gasteiger partial charge in [0.1, 0.15) is 24.7 Å². The molecule has 4 rings (SSSR count). The highest BCUT2D eigenvalue weighted by atomic mass is 28.4. The fourth-order valence-electron chi connectivity index (χ4n) is 9.38. The molecular weight excluding hydrogens is 549 g/mol. The van der Waals surface area contributed by atoms with Crippen LogP contribution >= 0.6 is 0 Å². The predicted octanol–water partition coefficient (Wildman–Crippen LogP) is 10.3. The molecule has 0 N–H and O–H groups in total. The van der Waals surface area contributed by atoms with E-state index >= 15 is 0 Å². The number of halogens is 4. The number of hydrogen-bond acceptors (Lipinski definition) is 2. The van der Waals surface area contributed by atoms with Gasteiger partial charge in [0.2, 0.25) is 0 Å². The third-order valence-electron chi connectivity index (χ3n) is 10.6. The van der Waals surface area contributed by atoms with Crippen molar-refractivity contribution >= 4 is 16.6 Å². The van der Waals surface area contributed by atoms with Gasteiger partial charge in [0.25, 0.3) is 0 Å². The molecule has 4 fully saturated rings. The molecule has 0 unspecified atom stereocenters. The molecule has 4 aliphatic rings. The highest BCUT2D eigenvalue weighted by molar-refractivity contribution is 6.70. The molecule has 0 radical (unpaired) electrons. The molecular formula is C32H58F4O2Si2. The van der Waals surface area contributed by atoms with E-state index in [0.29, 0.717) is 51.4 Å². The maximum absolute atomic E-state index is 14.8. The zero-order valence-corrected chi connectivity index (χ0v) is 28.3. The molecule has 0 spiro atoms. The van der Waals surface area contributed by atoms with Crippen LogP contribution < -0.4 is 0 Å². The van der Waals surface area contributed by atoms with Crippen LogP contribution in [0.15, 0.2) is 0 Å². The molecule has 0 saturated heterocycles. The van der Waals surface area contributed by atoms with Crippen LogP contribution in [-0.2, 0) is 8.85 Å². The Bertz CT molecular complexity index is 674. The van der Waals surface area contributed by atoms with Gasteiger partial charge in [-0.25, -0.2) is 17.6 Å². The summed E-state index contributed by atoms with van der Waals surface area (Å²) in [7, 11) is -4.47. The monoisotopic (exact) mass is 606 g/mol. The minimum atomic E-state index is -2.23. The Morgan fingerprint density at radius 2 is 0.550 bits per heavy atom. The van der Waals surface area contributed by atoms with Gasteiger partial charge >= 0.3 is 0 Å². The van der Waals surface area contributed by atoms with Crippen molar-refractivity contribution in [3.63, 3.8) is 0 Å². The van der Waals surface area contributed by atoms with Crippen LogP contribution in [0.4, 0.5) is 17.6 Å². The summed E-state index contributed by atoms with van der Waals surface area (Å²) < 4.78 is 74.5. The van der Waals surface area contributed by atoms with Crippen LogP contribution in [0.25, 0.3) is 0 Å². The highest BCUT2D eigenvalue weighted by Gasteiger charge is 2.68. The van der Waals surface area contributed by atoms with Gasteiger partial charge in [-0.2, -0.15) is 0 Å². The van der Waals surface area contributed by atoms with Crippen LogP contribution in [0.1, 0.15) is 103 Å². The normalized spacial score (nSPS) is 39.8. The number of rotatable bonds is 9. The molecule has 0 amide bonds. The first kappa shape index (κ1) is 33.0. The number of alkyl halides is 4. The Labute approximate surface area is 244 Å². The zero-order valence-electron chi connectivity index (χ0n) is 26.3. The summed E-state index contributed by atoms with van der Waals surface area (Å²) in [5.41, 5.74) is -1.39. The maximum Gasteiger partial charge on any atom is 0.184 e. The van der Waals surface area contributed by atoms with Crippen LogP contribution in [0.3, 0.4) is 0 Å². The zero-order chi connectivity index (χ0) is 29.3. The first-order chi connectivity index (χ1) is 18.7. The Hall–Kier alpha value is 0.0738. The van der Waals surface area contributed by atoms with Crippen molar-refractivity contribution in [2.75, 3.05) is 0 Å². The molecule has 0 heterocycles. The lowest BCUT2D eigenvalue weighted by molar-refractivity contribution is -0.257. The molecule has 4 aliphatic carbocycles. The van der Waals surface area contributed by atoms with Gasteiger partial charge in [-0.1, -0.05) is 0 Å². The summed E-state index contributed by atoms with van der Waals surface area (Å²) in [6.07, 6.45) is 6.99. The molecule has 0 aromatic rings. The van der Waals surface area contributed by atoms with Crippen molar-refractivity contribution in [2.24, 2.45) is 23.7 Å². The molecule has 0 atom stereocenters. The molecule has 0 aliphatic heterocycles. The minimum Gasteiger partial charge on any atom is -0.409 e. The molecule has 0 aromatic carbocycles. The van der Waals surface area contributed by atoms with Crippen molar-refractivity contribution in [1.29, 1.82) is 0 Å². The van der Waals surface area contributed by atoms with Gasteiger partial charge in [0, 0.05) is 0 Å². The van der Waals surface area contributed by atoms with E-state index in [-0.39, 0.29) is 23.7 Å². The fraction of sp³-hybridized carbons (Fsp3) is 1.00. The predicted molar refractivity (Wildman–Crippen MR) is 162 cm³/mol. The molecule has 8 heteroatoms. The Kier molecular flexibility index (Phi) is 10.7. The van der Waals surface area contributed by atoms with E-state index in [1.54, 1.807) is 0 Å². The Morgan fingerprint density at radius 3 is 0.700 bits per heavy atom. The lowest BCUT2D eigenvalue weighted by Gasteiger charge is -2.67. The quantitative estimate of drug-likeness (QED) is 0.192. The van der Waals surface area contributed by atoms with Crippen molar-refractivity contribution in [3.8, 4) is 0 Å². The second-order valence-electron chi connectivity index (χ2n) is 15.8. The smallest absolute Gasteiger partial charge is 0.184 e. The number of hydrogen-bond donors (Lipinski definition) is 0. The van der Waals surface area contributed by atoms with Gasteiger partial charge in [0.15, 0.2) is 16.6 Å². The summed E-state index contributed by atoms with van der Waals surface area (Å²) >= 11 is 0. The molecule has 2 nitrogen and oxygen atoms in total. The van der Waals surface area contributed by atoms with E-state index in [1.165, 1.54) is 0 Å². The first-order valence-corrected chi connectivity index (χ1v) is 23.4. The molecule has 0 aromatic heterocycles. The summed E-state index contributed by atoms with van der Waals surface area (Å²) in [4.78, 5) is 0. The van der Waals surface area contributed by atoms with Crippen molar-refractivity contribution < 1.29 is 26.4 Å². The Morgan fingerprint density at radius 1 is 0.375 bits per heavy atom. The van der Waals surface area contributed by atoms with E-state index in [2.05, 4.69) is 39.3 Å². The van der Waals surface area contributed by atoms with Crippen molar-refractivity contribution in [2.45, 2.75) is 178 Å². The average molecular weight is 607 g/mol.